The average Bonchev–Trinajstić information content (AvgIpc) is 3.56. The summed E-state index contributed by atoms with van der Waals surface area (Å²) in [5.41, 5.74) is 8.87. The molecule has 0 saturated carbocycles. The van der Waals surface area contributed by atoms with Crippen molar-refractivity contribution in [1.82, 2.24) is 24.1 Å². The zero-order chi connectivity index (χ0) is 25.3. The third kappa shape index (κ3) is 4.47. The van der Waals surface area contributed by atoms with E-state index in [2.05, 4.69) is 27.4 Å². The molecule has 1 unspecified atom stereocenters. The van der Waals surface area contributed by atoms with E-state index in [0.717, 1.165) is 40.5 Å². The van der Waals surface area contributed by atoms with E-state index in [1.54, 1.807) is 23.3 Å². The van der Waals surface area contributed by atoms with Crippen molar-refractivity contribution in [3.05, 3.63) is 80.9 Å². The first-order valence-electron chi connectivity index (χ1n) is 11.8. The minimum atomic E-state index is -0.767. The summed E-state index contributed by atoms with van der Waals surface area (Å²) in [4.78, 5) is 18.4. The first-order chi connectivity index (χ1) is 17.4. The van der Waals surface area contributed by atoms with E-state index in [9.17, 15) is 9.18 Å². The van der Waals surface area contributed by atoms with Gasteiger partial charge in [0.15, 0.2) is 5.01 Å². The molecule has 0 spiro atoms. The maximum atomic E-state index is 14.0. The minimum absolute atomic E-state index is 0.0191. The molecule has 5 rings (SSSR count). The Balaban J connectivity index is 1.51. The van der Waals surface area contributed by atoms with Crippen LogP contribution in [0.4, 0.5) is 4.39 Å². The number of hydrazine groups is 1. The number of rotatable bonds is 8. The molecule has 0 amide bonds. The fourth-order valence-corrected chi connectivity index (χ4v) is 6.55. The number of benzene rings is 1. The van der Waals surface area contributed by atoms with E-state index in [1.165, 1.54) is 41.6 Å². The van der Waals surface area contributed by atoms with E-state index in [4.69, 9.17) is 11.6 Å². The first kappa shape index (κ1) is 24.7. The summed E-state index contributed by atoms with van der Waals surface area (Å²) in [5.74, 6) is 5.93. The number of hydrogen-bond acceptors (Lipinski definition) is 9. The quantitative estimate of drug-likeness (QED) is 0.197. The van der Waals surface area contributed by atoms with E-state index in [1.807, 2.05) is 16.3 Å². The predicted octanol–water partition coefficient (Wildman–Crippen LogP) is 3.97. The number of nitrogens with two attached hydrogens (primary N) is 2. The SMILES string of the molecule is CCCN(N)/C(=C\N)SN1CCC2=Cc3c(cnn3-c3ccc(F)cc3)CC2(C(=O)c2nccs2)C1. The summed E-state index contributed by atoms with van der Waals surface area (Å²) in [6.45, 7) is 3.98. The van der Waals surface area contributed by atoms with Gasteiger partial charge in [0.25, 0.3) is 0 Å². The van der Waals surface area contributed by atoms with Gasteiger partial charge in [0.1, 0.15) is 10.8 Å². The third-order valence-electron chi connectivity index (χ3n) is 6.63. The lowest BCUT2D eigenvalue weighted by atomic mass is 9.66. The van der Waals surface area contributed by atoms with Crippen molar-refractivity contribution >= 4 is 35.1 Å². The first-order valence-corrected chi connectivity index (χ1v) is 13.5. The molecule has 1 aliphatic carbocycles. The van der Waals surface area contributed by atoms with Gasteiger partial charge < -0.3 is 10.7 Å². The zero-order valence-electron chi connectivity index (χ0n) is 19.9. The molecule has 2 aliphatic rings. The maximum Gasteiger partial charge on any atom is 0.203 e. The Morgan fingerprint density at radius 1 is 1.36 bits per heavy atom. The van der Waals surface area contributed by atoms with Crippen LogP contribution in [-0.4, -0.2) is 49.5 Å². The fourth-order valence-electron chi connectivity index (χ4n) is 4.88. The van der Waals surface area contributed by atoms with E-state index >= 15 is 0 Å². The second-order valence-corrected chi connectivity index (χ2v) is 11.0. The molecule has 11 heteroatoms. The summed E-state index contributed by atoms with van der Waals surface area (Å²) in [5, 5.41) is 9.32. The largest absolute Gasteiger partial charge is 0.402 e. The Kier molecular flexibility index (Phi) is 6.98. The Bertz CT molecular complexity index is 1300. The molecule has 4 N–H and O–H groups in total. The average molecular weight is 526 g/mol. The lowest BCUT2D eigenvalue weighted by Crippen LogP contribution is -2.50. The van der Waals surface area contributed by atoms with Crippen LogP contribution in [0.2, 0.25) is 0 Å². The number of carbonyl (C=O) groups excluding carboxylic acids is 1. The number of aromatic nitrogens is 3. The lowest BCUT2D eigenvalue weighted by molar-refractivity contribution is 0.0781. The normalized spacial score (nSPS) is 20.0. The monoisotopic (exact) mass is 525 g/mol. The van der Waals surface area contributed by atoms with Crippen LogP contribution in [0.25, 0.3) is 11.8 Å². The Hall–Kier alpha value is -2.99. The zero-order valence-corrected chi connectivity index (χ0v) is 21.6. The number of fused-ring (bicyclic) bond motifs is 2. The molecule has 1 fully saturated rings. The molecule has 0 bridgehead atoms. The molecule has 1 saturated heterocycles. The van der Waals surface area contributed by atoms with Gasteiger partial charge in [-0.15, -0.1) is 11.3 Å². The van der Waals surface area contributed by atoms with Crippen molar-refractivity contribution < 1.29 is 9.18 Å². The summed E-state index contributed by atoms with van der Waals surface area (Å²) in [6, 6.07) is 6.26. The highest BCUT2D eigenvalue weighted by atomic mass is 32.2. The molecule has 188 valence electrons. The molecule has 2 aromatic heterocycles. The van der Waals surface area contributed by atoms with Crippen LogP contribution >= 0.6 is 23.3 Å². The van der Waals surface area contributed by atoms with Crippen LogP contribution in [0.3, 0.4) is 0 Å². The molecular formula is C25H28FN7OS2. The molecule has 1 atom stereocenters. The van der Waals surface area contributed by atoms with Gasteiger partial charge in [-0.1, -0.05) is 12.5 Å². The van der Waals surface area contributed by atoms with Crippen LogP contribution in [-0.2, 0) is 6.42 Å². The van der Waals surface area contributed by atoms with Crippen LogP contribution < -0.4 is 11.6 Å². The van der Waals surface area contributed by atoms with E-state index in [0.29, 0.717) is 30.9 Å². The second-order valence-electron chi connectivity index (χ2n) is 8.94. The number of nitrogens with zero attached hydrogens (tertiary/aromatic N) is 5. The molecule has 0 radical (unpaired) electrons. The van der Waals surface area contributed by atoms with Gasteiger partial charge in [-0.25, -0.2) is 24.2 Å². The molecule has 3 heterocycles. The van der Waals surface area contributed by atoms with Gasteiger partial charge in [0, 0.05) is 37.4 Å². The van der Waals surface area contributed by atoms with Crippen molar-refractivity contribution in [2.75, 3.05) is 19.6 Å². The lowest BCUT2D eigenvalue weighted by Gasteiger charge is -2.45. The van der Waals surface area contributed by atoms with E-state index < -0.39 is 5.41 Å². The number of hydrogen-bond donors (Lipinski definition) is 2. The standard InChI is InChI=1S/C25H28FN7OS2/c1-2-9-32(28)22(14-27)36-31-10-7-18-12-21-17(15-30-33(21)20-5-3-19(26)4-6-20)13-25(18,16-31)23(34)24-29-8-11-35-24/h3-6,8,11-12,14-15H,2,7,9-10,13,16,27-28H2,1H3/b22-14+. The summed E-state index contributed by atoms with van der Waals surface area (Å²) >= 11 is 2.85. The molecule has 36 heavy (non-hydrogen) atoms. The van der Waals surface area contributed by atoms with Crippen molar-refractivity contribution in [2.24, 2.45) is 17.0 Å². The van der Waals surface area contributed by atoms with Crippen molar-refractivity contribution in [3.63, 3.8) is 0 Å². The molecule has 8 nitrogen and oxygen atoms in total. The fraction of sp³-hybridized carbons (Fsp3) is 0.320. The van der Waals surface area contributed by atoms with Gasteiger partial charge in [-0.05, 0) is 67.1 Å². The van der Waals surface area contributed by atoms with Crippen LogP contribution in [0, 0.1) is 11.2 Å². The molecule has 1 aliphatic heterocycles. The summed E-state index contributed by atoms with van der Waals surface area (Å²) < 4.78 is 17.5. The number of carbonyl (C=O) groups is 1. The van der Waals surface area contributed by atoms with Crippen molar-refractivity contribution in [2.45, 2.75) is 26.2 Å². The third-order valence-corrected chi connectivity index (χ3v) is 8.53. The number of ketones is 1. The second kappa shape index (κ2) is 10.2. The van der Waals surface area contributed by atoms with Crippen molar-refractivity contribution in [3.8, 4) is 5.69 Å². The Labute approximate surface area is 217 Å². The molecule has 1 aromatic carbocycles. The molecule has 3 aromatic rings. The minimum Gasteiger partial charge on any atom is -0.402 e. The number of piperidine rings is 1. The maximum absolute atomic E-state index is 14.0. The van der Waals surface area contributed by atoms with Crippen LogP contribution in [0.5, 0.6) is 0 Å². The van der Waals surface area contributed by atoms with Gasteiger partial charge >= 0.3 is 0 Å². The van der Waals surface area contributed by atoms with Crippen LogP contribution in [0.1, 0.15) is 40.8 Å². The molecular weight excluding hydrogens is 497 g/mol. The summed E-state index contributed by atoms with van der Waals surface area (Å²) in [7, 11) is 0. The van der Waals surface area contributed by atoms with Gasteiger partial charge in [-0.3, -0.25) is 4.79 Å². The highest BCUT2D eigenvalue weighted by Crippen LogP contribution is 2.48. The summed E-state index contributed by atoms with van der Waals surface area (Å²) in [6.07, 6.45) is 9.20. The Morgan fingerprint density at radius 3 is 2.86 bits per heavy atom. The topological polar surface area (TPSA) is 106 Å². The number of Topliss-reactive ketones (excluding diaryl/α,β-unsaturated/α-hetero) is 1. The smallest absolute Gasteiger partial charge is 0.203 e. The highest BCUT2D eigenvalue weighted by Gasteiger charge is 2.50. The number of halogens is 1. The van der Waals surface area contributed by atoms with Gasteiger partial charge in [0.2, 0.25) is 5.78 Å². The highest BCUT2D eigenvalue weighted by molar-refractivity contribution is 8.00. The van der Waals surface area contributed by atoms with Crippen LogP contribution in [0.15, 0.2) is 58.8 Å². The Morgan fingerprint density at radius 2 is 2.17 bits per heavy atom. The van der Waals surface area contributed by atoms with Gasteiger partial charge in [0.05, 0.1) is 23.0 Å². The predicted molar refractivity (Wildman–Crippen MR) is 141 cm³/mol. The number of thiazole rings is 1. The van der Waals surface area contributed by atoms with Gasteiger partial charge in [-0.2, -0.15) is 5.10 Å². The van der Waals surface area contributed by atoms with Crippen molar-refractivity contribution in [1.29, 1.82) is 0 Å². The van der Waals surface area contributed by atoms with E-state index in [-0.39, 0.29) is 11.6 Å².